The van der Waals surface area contributed by atoms with Gasteiger partial charge in [-0.25, -0.2) is 0 Å². The number of fused-ring (bicyclic) bond motifs is 1. The molecule has 1 aromatic heterocycles. The molecule has 0 radical (unpaired) electrons. The smallest absolute Gasteiger partial charge is 0.273 e. The van der Waals surface area contributed by atoms with Crippen LogP contribution >= 0.6 is 11.5 Å². The second kappa shape index (κ2) is 10.7. The van der Waals surface area contributed by atoms with Gasteiger partial charge in [0.15, 0.2) is 17.2 Å². The third-order valence-electron chi connectivity index (χ3n) is 6.03. The van der Waals surface area contributed by atoms with Gasteiger partial charge in [0.05, 0.1) is 5.69 Å². The van der Waals surface area contributed by atoms with E-state index in [0.717, 1.165) is 5.56 Å². The molecule has 2 heterocycles. The molecule has 0 fully saturated rings. The molecule has 0 saturated heterocycles. The van der Waals surface area contributed by atoms with Gasteiger partial charge in [0, 0.05) is 18.3 Å². The van der Waals surface area contributed by atoms with E-state index in [0.29, 0.717) is 34.3 Å². The summed E-state index contributed by atoms with van der Waals surface area (Å²) in [5.74, 6) is -1.23. The molecule has 198 valence electrons. The highest BCUT2D eigenvalue weighted by Gasteiger charge is 2.36. The summed E-state index contributed by atoms with van der Waals surface area (Å²) in [5, 5.41) is 12.8. The highest BCUT2D eigenvalue weighted by molar-refractivity contribution is 7.09. The Hall–Kier alpha value is -5.10. The molecular weight excluding hydrogens is 522 g/mol. The maximum Gasteiger partial charge on any atom is 0.273 e. The summed E-state index contributed by atoms with van der Waals surface area (Å²) >= 11 is 0.703. The number of nitrogens with zero attached hydrogens (tertiary/aromatic N) is 2. The van der Waals surface area contributed by atoms with Crippen LogP contribution in [0.3, 0.4) is 0 Å². The molecule has 3 aromatic carbocycles. The molecule has 0 saturated carbocycles. The van der Waals surface area contributed by atoms with Crippen LogP contribution in [0.2, 0.25) is 0 Å². The van der Waals surface area contributed by atoms with Gasteiger partial charge < -0.3 is 31.4 Å². The van der Waals surface area contributed by atoms with Gasteiger partial charge in [-0.15, -0.1) is 0 Å². The van der Waals surface area contributed by atoms with Gasteiger partial charge in [-0.05, 0) is 46.9 Å². The maximum atomic E-state index is 14.1. The summed E-state index contributed by atoms with van der Waals surface area (Å²) in [6, 6.07) is 18.8. The van der Waals surface area contributed by atoms with E-state index in [2.05, 4.69) is 9.69 Å². The first-order valence-corrected chi connectivity index (χ1v) is 12.5. The third kappa shape index (κ3) is 5.18. The molecule has 0 unspecified atom stereocenters. The van der Waals surface area contributed by atoms with E-state index in [-0.39, 0.29) is 35.3 Å². The van der Waals surface area contributed by atoms with Crippen LogP contribution in [0.1, 0.15) is 37.3 Å². The lowest BCUT2D eigenvalue weighted by molar-refractivity contribution is -0.122. The van der Waals surface area contributed by atoms with Crippen LogP contribution in [0.15, 0.2) is 72.8 Å². The predicted molar refractivity (Wildman–Crippen MR) is 144 cm³/mol. The SMILES string of the molecule is NC(=O)c1nsc(C(=O)N(c2ccc3c(c2)OCO3)[C@H](C(=O)NCc2ccccc2)c2ccc(O)cc2)c1N. The first kappa shape index (κ1) is 25.5. The lowest BCUT2D eigenvalue weighted by atomic mass is 10.0. The fourth-order valence-electron chi connectivity index (χ4n) is 4.11. The van der Waals surface area contributed by atoms with Gasteiger partial charge in [0.2, 0.25) is 12.7 Å². The topological polar surface area (TPSA) is 170 Å². The number of nitrogens with one attached hydrogen (secondary N) is 1. The number of primary amides is 1. The van der Waals surface area contributed by atoms with E-state index in [1.54, 1.807) is 30.3 Å². The minimum absolute atomic E-state index is 0.00937. The predicted octanol–water partition coefficient (Wildman–Crippen LogP) is 2.96. The number of amides is 3. The third-order valence-corrected chi connectivity index (χ3v) is 6.88. The first-order chi connectivity index (χ1) is 18.8. The number of aromatic hydroxyl groups is 1. The Labute approximate surface area is 226 Å². The number of hydrogen-bond acceptors (Lipinski definition) is 9. The van der Waals surface area contributed by atoms with Gasteiger partial charge in [0.1, 0.15) is 16.7 Å². The summed E-state index contributed by atoms with van der Waals surface area (Å²) in [4.78, 5) is 40.9. The summed E-state index contributed by atoms with van der Waals surface area (Å²) in [5.41, 5.74) is 12.6. The Morgan fingerprint density at radius 2 is 1.74 bits per heavy atom. The normalized spacial score (nSPS) is 12.5. The molecule has 0 aliphatic carbocycles. The van der Waals surface area contributed by atoms with Crippen molar-refractivity contribution < 1.29 is 29.0 Å². The second-order valence-corrected chi connectivity index (χ2v) is 9.32. The zero-order valence-corrected chi connectivity index (χ0v) is 21.2. The van der Waals surface area contributed by atoms with Crippen LogP contribution in [0, 0.1) is 0 Å². The first-order valence-electron chi connectivity index (χ1n) is 11.7. The van der Waals surface area contributed by atoms with E-state index >= 15 is 0 Å². The molecule has 0 bridgehead atoms. The maximum absolute atomic E-state index is 14.1. The molecule has 39 heavy (non-hydrogen) atoms. The number of anilines is 2. The van der Waals surface area contributed by atoms with E-state index < -0.39 is 23.8 Å². The van der Waals surface area contributed by atoms with Crippen molar-refractivity contribution in [3.05, 3.63) is 94.5 Å². The number of phenolic OH excluding ortho intramolecular Hbond substituents is 1. The highest BCUT2D eigenvalue weighted by atomic mass is 32.1. The van der Waals surface area contributed by atoms with Gasteiger partial charge in [-0.1, -0.05) is 42.5 Å². The molecule has 5 rings (SSSR count). The molecule has 1 aliphatic rings. The summed E-state index contributed by atoms with van der Waals surface area (Å²) in [7, 11) is 0. The lowest BCUT2D eigenvalue weighted by Crippen LogP contribution is -2.44. The van der Waals surface area contributed by atoms with E-state index in [1.165, 1.54) is 17.0 Å². The Morgan fingerprint density at radius 1 is 1.03 bits per heavy atom. The Kier molecular flexibility index (Phi) is 7.02. The zero-order chi connectivity index (χ0) is 27.5. The van der Waals surface area contributed by atoms with E-state index in [9.17, 15) is 19.5 Å². The molecule has 11 nitrogen and oxygen atoms in total. The summed E-state index contributed by atoms with van der Waals surface area (Å²) < 4.78 is 14.9. The number of hydrogen-bond donors (Lipinski definition) is 4. The van der Waals surface area contributed by atoms with Crippen LogP contribution in [0.25, 0.3) is 0 Å². The number of nitrogens with two attached hydrogens (primary N) is 2. The molecule has 12 heteroatoms. The number of rotatable bonds is 8. The number of ether oxygens (including phenoxy) is 2. The second-order valence-electron chi connectivity index (χ2n) is 8.55. The van der Waals surface area contributed by atoms with Crippen LogP contribution in [-0.4, -0.2) is 34.0 Å². The average Bonchev–Trinajstić information content (AvgIpc) is 3.57. The monoisotopic (exact) mass is 545 g/mol. The lowest BCUT2D eigenvalue weighted by Gasteiger charge is -2.31. The van der Waals surface area contributed by atoms with Gasteiger partial charge in [0.25, 0.3) is 11.8 Å². The Morgan fingerprint density at radius 3 is 2.44 bits per heavy atom. The molecule has 1 aliphatic heterocycles. The molecule has 1 atom stereocenters. The van der Waals surface area contributed by atoms with E-state index in [1.807, 2.05) is 30.3 Å². The molecule has 4 aromatic rings. The summed E-state index contributed by atoms with van der Waals surface area (Å²) in [6.45, 7) is 0.210. The number of aromatic nitrogens is 1. The average molecular weight is 546 g/mol. The quantitative estimate of drug-likeness (QED) is 0.262. The van der Waals surface area contributed by atoms with E-state index in [4.69, 9.17) is 20.9 Å². The van der Waals surface area contributed by atoms with Crippen molar-refractivity contribution in [2.24, 2.45) is 5.73 Å². The van der Waals surface area contributed by atoms with Gasteiger partial charge in [-0.3, -0.25) is 19.3 Å². The van der Waals surface area contributed by atoms with Crippen molar-refractivity contribution in [3.63, 3.8) is 0 Å². The molecule has 0 spiro atoms. The fourth-order valence-corrected chi connectivity index (χ4v) is 4.86. The van der Waals surface area contributed by atoms with Crippen molar-refractivity contribution in [2.75, 3.05) is 17.4 Å². The van der Waals surface area contributed by atoms with Crippen molar-refractivity contribution in [2.45, 2.75) is 12.6 Å². The Balaban J connectivity index is 1.62. The number of nitrogen functional groups attached to an aromatic ring is 1. The fraction of sp³-hybridized carbons (Fsp3) is 0.111. The highest BCUT2D eigenvalue weighted by Crippen LogP contribution is 2.40. The van der Waals surface area contributed by atoms with Crippen molar-refractivity contribution in [1.82, 2.24) is 9.69 Å². The number of phenols is 1. The van der Waals surface area contributed by atoms with Crippen molar-refractivity contribution in [3.8, 4) is 17.2 Å². The standard InChI is InChI=1S/C27H23N5O6S/c28-21-22(25(29)34)31-39-24(21)27(36)32(17-8-11-19-20(12-17)38-14-37-19)23(16-6-9-18(33)10-7-16)26(35)30-13-15-4-2-1-3-5-15/h1-12,23,33H,13-14,28H2,(H2,29,34)(H,30,35)/t23-/m0/s1. The van der Waals surface area contributed by atoms with Crippen LogP contribution in [0.4, 0.5) is 11.4 Å². The minimum atomic E-state index is -1.22. The van der Waals surface area contributed by atoms with Crippen LogP contribution < -0.4 is 31.2 Å². The molecule has 6 N–H and O–H groups in total. The summed E-state index contributed by atoms with van der Waals surface area (Å²) in [6.07, 6.45) is 0. The Bertz CT molecular complexity index is 1540. The molecule has 3 amide bonds. The van der Waals surface area contributed by atoms with Crippen molar-refractivity contribution in [1.29, 1.82) is 0 Å². The van der Waals surface area contributed by atoms with Crippen LogP contribution in [0.5, 0.6) is 17.2 Å². The zero-order valence-electron chi connectivity index (χ0n) is 20.4. The molecular formula is C27H23N5O6S. The number of carbonyl (C=O) groups is 3. The largest absolute Gasteiger partial charge is 0.508 e. The number of benzene rings is 3. The minimum Gasteiger partial charge on any atom is -0.508 e. The number of carbonyl (C=O) groups excluding carboxylic acids is 3. The van der Waals surface area contributed by atoms with Crippen LogP contribution in [-0.2, 0) is 11.3 Å². The van der Waals surface area contributed by atoms with Gasteiger partial charge in [-0.2, -0.15) is 4.37 Å². The van der Waals surface area contributed by atoms with Gasteiger partial charge >= 0.3 is 0 Å². The van der Waals surface area contributed by atoms with Crippen molar-refractivity contribution >= 4 is 40.6 Å².